The number of aromatic nitrogens is 2. The first-order valence-electron chi connectivity index (χ1n) is 10.3. The van der Waals surface area contributed by atoms with Gasteiger partial charge in [-0.25, -0.2) is 4.98 Å². The minimum atomic E-state index is -4.49. The highest BCUT2D eigenvalue weighted by molar-refractivity contribution is 5.78. The average molecular weight is 410 g/mol. The molecular weight excluding hydrogens is 381 g/mol. The second-order valence-corrected chi connectivity index (χ2v) is 7.73. The van der Waals surface area contributed by atoms with Crippen LogP contribution in [0.15, 0.2) is 23.0 Å². The molecule has 0 aliphatic carbocycles. The molecule has 2 heterocycles. The molecule has 3 rings (SSSR count). The van der Waals surface area contributed by atoms with Gasteiger partial charge in [0.1, 0.15) is 5.82 Å². The molecule has 2 atom stereocenters. The van der Waals surface area contributed by atoms with Gasteiger partial charge in [-0.3, -0.25) is 14.3 Å². The van der Waals surface area contributed by atoms with Crippen LogP contribution in [0.1, 0.15) is 57.5 Å². The quantitative estimate of drug-likeness (QED) is 0.811. The summed E-state index contributed by atoms with van der Waals surface area (Å²) in [5.41, 5.74) is -0.900. The molecular formula is C21H29F3N4O. The van der Waals surface area contributed by atoms with Crippen LogP contribution in [-0.4, -0.2) is 40.1 Å². The molecule has 0 radical (unpaired) electrons. The van der Waals surface area contributed by atoms with Gasteiger partial charge >= 0.3 is 6.18 Å². The van der Waals surface area contributed by atoms with Gasteiger partial charge in [0.15, 0.2) is 0 Å². The standard InChI is InChI=1S/C21H29F3N4O/c1-4-6-18(27-11-9-14(3)25-10-12-27)19-26-17-8-7-15(21(22,23)24)13-16(17)20(29)28(19)5-2/h7-8,13-14,18,25H,4-6,9-12H2,1-3H3/t14-,18-/m1/s1. The van der Waals surface area contributed by atoms with Crippen LogP contribution < -0.4 is 10.9 Å². The second-order valence-electron chi connectivity index (χ2n) is 7.73. The predicted octanol–water partition coefficient (Wildman–Crippen LogP) is 3.96. The third-order valence-electron chi connectivity index (χ3n) is 5.67. The zero-order valence-electron chi connectivity index (χ0n) is 17.2. The lowest BCUT2D eigenvalue weighted by Gasteiger charge is -2.31. The van der Waals surface area contributed by atoms with Crippen LogP contribution in [0.5, 0.6) is 0 Å². The highest BCUT2D eigenvalue weighted by Crippen LogP contribution is 2.31. The zero-order valence-corrected chi connectivity index (χ0v) is 17.2. The van der Waals surface area contributed by atoms with E-state index >= 15 is 0 Å². The molecule has 2 aromatic rings. The highest BCUT2D eigenvalue weighted by Gasteiger charge is 2.32. The molecule has 160 valence electrons. The summed E-state index contributed by atoms with van der Waals surface area (Å²) in [5, 5.41) is 3.50. The number of nitrogens with zero attached hydrogens (tertiary/aromatic N) is 3. The van der Waals surface area contributed by atoms with Crippen molar-refractivity contribution in [2.45, 2.75) is 64.8 Å². The van der Waals surface area contributed by atoms with Gasteiger partial charge in [-0.2, -0.15) is 13.2 Å². The van der Waals surface area contributed by atoms with Crippen LogP contribution in [0.25, 0.3) is 10.9 Å². The Balaban J connectivity index is 2.11. The maximum atomic E-state index is 13.1. The van der Waals surface area contributed by atoms with Gasteiger partial charge in [-0.15, -0.1) is 0 Å². The number of halogens is 3. The Morgan fingerprint density at radius 3 is 2.69 bits per heavy atom. The van der Waals surface area contributed by atoms with Crippen molar-refractivity contribution in [3.05, 3.63) is 39.9 Å². The molecule has 0 saturated carbocycles. The van der Waals surface area contributed by atoms with E-state index in [4.69, 9.17) is 4.98 Å². The van der Waals surface area contributed by atoms with Gasteiger partial charge in [0, 0.05) is 32.2 Å². The van der Waals surface area contributed by atoms with E-state index < -0.39 is 17.3 Å². The Kier molecular flexibility index (Phi) is 6.63. The zero-order chi connectivity index (χ0) is 21.2. The number of benzene rings is 1. The smallest absolute Gasteiger partial charge is 0.313 e. The first kappa shape index (κ1) is 21.8. The number of fused-ring (bicyclic) bond motifs is 1. The van der Waals surface area contributed by atoms with E-state index in [0.29, 0.717) is 23.9 Å². The monoisotopic (exact) mass is 410 g/mol. The molecule has 1 fully saturated rings. The summed E-state index contributed by atoms with van der Waals surface area (Å²) in [6, 6.07) is 3.64. The number of alkyl halides is 3. The van der Waals surface area contributed by atoms with Crippen LogP contribution in [0.3, 0.4) is 0 Å². The van der Waals surface area contributed by atoms with Crippen molar-refractivity contribution < 1.29 is 13.2 Å². The largest absolute Gasteiger partial charge is 0.416 e. The van der Waals surface area contributed by atoms with E-state index in [1.807, 2.05) is 6.92 Å². The topological polar surface area (TPSA) is 50.2 Å². The van der Waals surface area contributed by atoms with Crippen molar-refractivity contribution in [3.63, 3.8) is 0 Å². The Morgan fingerprint density at radius 2 is 2.03 bits per heavy atom. The van der Waals surface area contributed by atoms with Crippen molar-refractivity contribution in [1.82, 2.24) is 19.8 Å². The van der Waals surface area contributed by atoms with Gasteiger partial charge in [0.25, 0.3) is 5.56 Å². The average Bonchev–Trinajstić information content (AvgIpc) is 2.89. The summed E-state index contributed by atoms with van der Waals surface area (Å²) >= 11 is 0. The lowest BCUT2D eigenvalue weighted by molar-refractivity contribution is -0.137. The fraction of sp³-hybridized carbons (Fsp3) is 0.619. The van der Waals surface area contributed by atoms with Crippen molar-refractivity contribution in [3.8, 4) is 0 Å². The third kappa shape index (κ3) is 4.64. The number of rotatable bonds is 5. The van der Waals surface area contributed by atoms with E-state index in [2.05, 4.69) is 24.1 Å². The first-order valence-corrected chi connectivity index (χ1v) is 10.3. The maximum Gasteiger partial charge on any atom is 0.416 e. The second kappa shape index (κ2) is 8.83. The molecule has 1 aromatic carbocycles. The molecule has 1 aliphatic heterocycles. The van der Waals surface area contributed by atoms with Gasteiger partial charge in [0.05, 0.1) is 22.5 Å². The number of nitrogens with one attached hydrogen (secondary N) is 1. The van der Waals surface area contributed by atoms with Crippen LogP contribution in [0.4, 0.5) is 13.2 Å². The van der Waals surface area contributed by atoms with Gasteiger partial charge in [0.2, 0.25) is 0 Å². The fourth-order valence-corrected chi connectivity index (χ4v) is 4.06. The van der Waals surface area contributed by atoms with E-state index in [-0.39, 0.29) is 11.4 Å². The summed E-state index contributed by atoms with van der Waals surface area (Å²) in [6.45, 7) is 9.06. The molecule has 8 heteroatoms. The number of hydrogen-bond donors (Lipinski definition) is 1. The molecule has 1 aliphatic rings. The predicted molar refractivity (Wildman–Crippen MR) is 108 cm³/mol. The molecule has 5 nitrogen and oxygen atoms in total. The van der Waals surface area contributed by atoms with Crippen LogP contribution >= 0.6 is 0 Å². The molecule has 0 unspecified atom stereocenters. The van der Waals surface area contributed by atoms with E-state index in [1.54, 1.807) is 4.57 Å². The minimum Gasteiger partial charge on any atom is -0.313 e. The molecule has 0 spiro atoms. The van der Waals surface area contributed by atoms with Gasteiger partial charge in [-0.05, 0) is 44.9 Å². The van der Waals surface area contributed by atoms with Gasteiger partial charge in [-0.1, -0.05) is 13.3 Å². The summed E-state index contributed by atoms with van der Waals surface area (Å²) in [6.07, 6.45) is -1.72. The Labute approximate surface area is 168 Å². The van der Waals surface area contributed by atoms with Crippen LogP contribution in [-0.2, 0) is 12.7 Å². The molecule has 1 N–H and O–H groups in total. The van der Waals surface area contributed by atoms with E-state index in [1.165, 1.54) is 6.07 Å². The summed E-state index contributed by atoms with van der Waals surface area (Å²) < 4.78 is 40.9. The Hall–Kier alpha value is -1.93. The normalized spacial score (nSPS) is 20.0. The lowest BCUT2D eigenvalue weighted by Crippen LogP contribution is -2.37. The SMILES string of the molecule is CCC[C@H](c1nc2ccc(C(F)(F)F)cc2c(=O)n1CC)N1CCN[C@H](C)CC1. The van der Waals surface area contributed by atoms with Crippen LogP contribution in [0, 0.1) is 0 Å². The molecule has 29 heavy (non-hydrogen) atoms. The van der Waals surface area contributed by atoms with E-state index in [9.17, 15) is 18.0 Å². The first-order chi connectivity index (χ1) is 13.8. The third-order valence-corrected chi connectivity index (χ3v) is 5.67. The highest BCUT2D eigenvalue weighted by atomic mass is 19.4. The molecule has 0 bridgehead atoms. The number of hydrogen-bond acceptors (Lipinski definition) is 4. The van der Waals surface area contributed by atoms with Crippen molar-refractivity contribution in [2.24, 2.45) is 0 Å². The Morgan fingerprint density at radius 1 is 1.28 bits per heavy atom. The van der Waals surface area contributed by atoms with Crippen LogP contribution in [0.2, 0.25) is 0 Å². The maximum absolute atomic E-state index is 13.1. The fourth-order valence-electron chi connectivity index (χ4n) is 4.06. The Bertz CT molecular complexity index is 909. The van der Waals surface area contributed by atoms with Crippen molar-refractivity contribution >= 4 is 10.9 Å². The van der Waals surface area contributed by atoms with E-state index in [0.717, 1.165) is 51.0 Å². The van der Waals surface area contributed by atoms with Crippen molar-refractivity contribution in [2.75, 3.05) is 19.6 Å². The van der Waals surface area contributed by atoms with Gasteiger partial charge < -0.3 is 5.32 Å². The minimum absolute atomic E-state index is 0.0202. The van der Waals surface area contributed by atoms with Crippen molar-refractivity contribution in [1.29, 1.82) is 0 Å². The summed E-state index contributed by atoms with van der Waals surface area (Å²) in [4.78, 5) is 20.2. The molecule has 1 aromatic heterocycles. The lowest BCUT2D eigenvalue weighted by atomic mass is 10.1. The summed E-state index contributed by atoms with van der Waals surface area (Å²) in [7, 11) is 0. The molecule has 1 saturated heterocycles. The summed E-state index contributed by atoms with van der Waals surface area (Å²) in [5.74, 6) is 0.654. The molecule has 0 amide bonds.